The number of aryl methyl sites for hydroxylation is 2. The van der Waals surface area contributed by atoms with E-state index in [1.807, 2.05) is 56.7 Å². The Labute approximate surface area is 177 Å². The maximum absolute atomic E-state index is 6.24. The second kappa shape index (κ2) is 8.67. The third-order valence-electron chi connectivity index (χ3n) is 4.21. The van der Waals surface area contributed by atoms with Gasteiger partial charge in [-0.15, -0.1) is 10.2 Å². The molecule has 3 aromatic rings. The van der Waals surface area contributed by atoms with Crippen molar-refractivity contribution in [1.82, 2.24) is 14.8 Å². The molecule has 0 N–H and O–H groups in total. The lowest BCUT2D eigenvalue weighted by molar-refractivity contribution is 0.211. The first kappa shape index (κ1) is 20.2. The van der Waals surface area contributed by atoms with Crippen molar-refractivity contribution in [3.8, 4) is 5.75 Å². The fourth-order valence-electron chi connectivity index (χ4n) is 2.81. The molecule has 0 aliphatic carbocycles. The van der Waals surface area contributed by atoms with Gasteiger partial charge in [0.15, 0.2) is 17.1 Å². The van der Waals surface area contributed by atoms with Gasteiger partial charge >= 0.3 is 0 Å². The highest BCUT2D eigenvalue weighted by Crippen LogP contribution is 2.30. The molecule has 3 rings (SSSR count). The van der Waals surface area contributed by atoms with E-state index >= 15 is 0 Å². The Kier molecular flexibility index (Phi) is 6.50. The minimum atomic E-state index is -0.220. The smallest absolute Gasteiger partial charge is 0.191 e. The monoisotopic (exact) mass is 465 g/mol. The summed E-state index contributed by atoms with van der Waals surface area (Å²) in [6, 6.07) is 12.2. The summed E-state index contributed by atoms with van der Waals surface area (Å²) in [5.41, 5.74) is 3.24. The molecular formula is C20H21BrClN3OS. The standard InChI is InChI=1S/C20H21BrClN3OS/c1-12-8-17(9-13(2)18(12)22)26-14(3)19-23-24-20(25(19)4)27-11-15-6-5-7-16(21)10-15/h5-10,14H,11H2,1-4H3. The molecule has 0 aliphatic rings. The molecule has 1 aromatic heterocycles. The molecule has 0 aliphatic heterocycles. The molecule has 27 heavy (non-hydrogen) atoms. The van der Waals surface area contributed by atoms with Crippen molar-refractivity contribution in [3.63, 3.8) is 0 Å². The van der Waals surface area contributed by atoms with Gasteiger partial charge in [-0.1, -0.05) is 51.4 Å². The summed E-state index contributed by atoms with van der Waals surface area (Å²) in [7, 11) is 1.97. The van der Waals surface area contributed by atoms with Crippen LogP contribution in [0.3, 0.4) is 0 Å². The molecule has 0 spiro atoms. The zero-order valence-corrected chi connectivity index (χ0v) is 18.8. The molecule has 1 heterocycles. The summed E-state index contributed by atoms with van der Waals surface area (Å²) >= 11 is 11.4. The number of hydrogen-bond acceptors (Lipinski definition) is 4. The van der Waals surface area contributed by atoms with E-state index in [-0.39, 0.29) is 6.10 Å². The highest BCUT2D eigenvalue weighted by Gasteiger charge is 2.18. The number of halogens is 2. The maximum Gasteiger partial charge on any atom is 0.191 e. The Balaban J connectivity index is 1.70. The molecule has 4 nitrogen and oxygen atoms in total. The maximum atomic E-state index is 6.24. The van der Waals surface area contributed by atoms with E-state index in [1.54, 1.807) is 11.8 Å². The van der Waals surface area contributed by atoms with Crippen LogP contribution in [-0.4, -0.2) is 14.8 Å². The molecule has 7 heteroatoms. The third-order valence-corrected chi connectivity index (χ3v) is 6.39. The van der Waals surface area contributed by atoms with Crippen LogP contribution >= 0.6 is 39.3 Å². The minimum absolute atomic E-state index is 0.220. The van der Waals surface area contributed by atoms with Gasteiger partial charge in [-0.3, -0.25) is 0 Å². The highest BCUT2D eigenvalue weighted by molar-refractivity contribution is 9.10. The minimum Gasteiger partial charge on any atom is -0.483 e. The van der Waals surface area contributed by atoms with Crippen LogP contribution in [0.1, 0.15) is 35.5 Å². The van der Waals surface area contributed by atoms with E-state index < -0.39 is 0 Å². The van der Waals surface area contributed by atoms with Crippen LogP contribution in [0.25, 0.3) is 0 Å². The summed E-state index contributed by atoms with van der Waals surface area (Å²) in [5.74, 6) is 2.40. The van der Waals surface area contributed by atoms with Crippen molar-refractivity contribution >= 4 is 39.3 Å². The van der Waals surface area contributed by atoms with E-state index in [0.717, 1.165) is 43.1 Å². The predicted molar refractivity (Wildman–Crippen MR) is 115 cm³/mol. The summed E-state index contributed by atoms with van der Waals surface area (Å²) < 4.78 is 9.16. The lowest BCUT2D eigenvalue weighted by atomic mass is 10.1. The quantitative estimate of drug-likeness (QED) is 0.401. The van der Waals surface area contributed by atoms with Gasteiger partial charge in [0.05, 0.1) is 0 Å². The number of hydrogen-bond donors (Lipinski definition) is 0. The van der Waals surface area contributed by atoms with E-state index in [1.165, 1.54) is 5.56 Å². The van der Waals surface area contributed by atoms with Gasteiger partial charge in [0.1, 0.15) is 5.75 Å². The second-order valence-corrected chi connectivity index (χ2v) is 8.69. The van der Waals surface area contributed by atoms with Gasteiger partial charge in [0, 0.05) is 22.3 Å². The van der Waals surface area contributed by atoms with Crippen molar-refractivity contribution in [3.05, 3.63) is 68.4 Å². The van der Waals surface area contributed by atoms with Gasteiger partial charge in [0.2, 0.25) is 0 Å². The molecule has 2 aromatic carbocycles. The Hall–Kier alpha value is -1.50. The van der Waals surface area contributed by atoms with Gasteiger partial charge in [-0.2, -0.15) is 0 Å². The first-order valence-corrected chi connectivity index (χ1v) is 10.7. The van der Waals surface area contributed by atoms with Crippen LogP contribution in [-0.2, 0) is 12.8 Å². The highest BCUT2D eigenvalue weighted by atomic mass is 79.9. The fraction of sp³-hybridized carbons (Fsp3) is 0.300. The number of thioether (sulfide) groups is 1. The molecule has 0 saturated heterocycles. The molecule has 1 unspecified atom stereocenters. The molecule has 0 amide bonds. The summed E-state index contributed by atoms with van der Waals surface area (Å²) in [6.07, 6.45) is -0.220. The molecule has 142 valence electrons. The lowest BCUT2D eigenvalue weighted by Crippen LogP contribution is -2.10. The molecular weight excluding hydrogens is 446 g/mol. The van der Waals surface area contributed by atoms with E-state index in [9.17, 15) is 0 Å². The summed E-state index contributed by atoms with van der Waals surface area (Å²) in [4.78, 5) is 0. The van der Waals surface area contributed by atoms with Gasteiger partial charge in [0.25, 0.3) is 0 Å². The number of aromatic nitrogens is 3. The molecule has 1 atom stereocenters. The van der Waals surface area contributed by atoms with Crippen molar-refractivity contribution < 1.29 is 4.74 Å². The SMILES string of the molecule is Cc1cc(OC(C)c2nnc(SCc3cccc(Br)c3)n2C)cc(C)c1Cl. The summed E-state index contributed by atoms with van der Waals surface area (Å²) in [5, 5.41) is 10.3. The summed E-state index contributed by atoms with van der Waals surface area (Å²) in [6.45, 7) is 5.93. The first-order chi connectivity index (χ1) is 12.8. The zero-order valence-electron chi connectivity index (χ0n) is 15.7. The molecule has 0 fully saturated rings. The first-order valence-electron chi connectivity index (χ1n) is 8.55. The van der Waals surface area contributed by atoms with Crippen LogP contribution < -0.4 is 4.74 Å². The van der Waals surface area contributed by atoms with Crippen LogP contribution in [0.15, 0.2) is 46.0 Å². The Bertz CT molecular complexity index is 937. The lowest BCUT2D eigenvalue weighted by Gasteiger charge is -2.16. The second-order valence-electron chi connectivity index (χ2n) is 6.45. The Morgan fingerprint density at radius 3 is 2.56 bits per heavy atom. The van der Waals surface area contributed by atoms with Gasteiger partial charge in [-0.25, -0.2) is 0 Å². The number of benzene rings is 2. The van der Waals surface area contributed by atoms with Crippen LogP contribution in [0.5, 0.6) is 5.75 Å². The Morgan fingerprint density at radius 1 is 1.19 bits per heavy atom. The van der Waals surface area contributed by atoms with Crippen LogP contribution in [0.2, 0.25) is 5.02 Å². The molecule has 0 bridgehead atoms. The van der Waals surface area contributed by atoms with Crippen molar-refractivity contribution in [2.75, 3.05) is 0 Å². The fourth-order valence-corrected chi connectivity index (χ4v) is 4.23. The van der Waals surface area contributed by atoms with Crippen LogP contribution in [0, 0.1) is 13.8 Å². The van der Waals surface area contributed by atoms with Crippen molar-refractivity contribution in [2.45, 2.75) is 37.8 Å². The average Bonchev–Trinajstić information content (AvgIpc) is 2.98. The third kappa shape index (κ3) is 4.86. The topological polar surface area (TPSA) is 39.9 Å². The van der Waals surface area contributed by atoms with E-state index in [2.05, 4.69) is 38.3 Å². The normalized spacial score (nSPS) is 12.2. The van der Waals surface area contributed by atoms with Crippen molar-refractivity contribution in [1.29, 1.82) is 0 Å². The van der Waals surface area contributed by atoms with Gasteiger partial charge < -0.3 is 9.30 Å². The van der Waals surface area contributed by atoms with Crippen LogP contribution in [0.4, 0.5) is 0 Å². The molecule has 0 radical (unpaired) electrons. The predicted octanol–water partition coefficient (Wildman–Crippen LogP) is 6.28. The van der Waals surface area contributed by atoms with Crippen molar-refractivity contribution in [2.24, 2.45) is 7.05 Å². The number of rotatable bonds is 6. The average molecular weight is 467 g/mol. The largest absolute Gasteiger partial charge is 0.483 e. The number of nitrogens with zero attached hydrogens (tertiary/aromatic N) is 3. The van der Waals surface area contributed by atoms with Gasteiger partial charge in [-0.05, 0) is 61.7 Å². The zero-order chi connectivity index (χ0) is 19.6. The van der Waals surface area contributed by atoms with E-state index in [0.29, 0.717) is 0 Å². The molecule has 0 saturated carbocycles. The number of ether oxygens (including phenoxy) is 1. The Morgan fingerprint density at radius 2 is 1.89 bits per heavy atom. The van der Waals surface area contributed by atoms with E-state index in [4.69, 9.17) is 16.3 Å².